The van der Waals surface area contributed by atoms with Crippen molar-refractivity contribution in [3.05, 3.63) is 58.1 Å². The van der Waals surface area contributed by atoms with Crippen LogP contribution in [0.15, 0.2) is 42.5 Å². The molecule has 0 aromatic heterocycles. The van der Waals surface area contributed by atoms with Crippen LogP contribution >= 0.6 is 0 Å². The molecular formula is C27H36N4O8S. The van der Waals surface area contributed by atoms with E-state index in [0.29, 0.717) is 11.3 Å². The average Bonchev–Trinajstić information content (AvgIpc) is 3.43. The average molecular weight is 577 g/mol. The number of amides is 2. The lowest BCUT2D eigenvalue weighted by Crippen LogP contribution is -2.53. The summed E-state index contributed by atoms with van der Waals surface area (Å²) in [4.78, 5) is 39.4. The van der Waals surface area contributed by atoms with Crippen LogP contribution in [0.4, 0.5) is 11.4 Å². The van der Waals surface area contributed by atoms with Crippen molar-refractivity contribution in [2.45, 2.75) is 57.7 Å². The maximum absolute atomic E-state index is 13.9. The number of benzene rings is 2. The number of non-ortho nitro benzene ring substituents is 1. The third-order valence-corrected chi connectivity index (χ3v) is 8.02. The Labute approximate surface area is 234 Å². The van der Waals surface area contributed by atoms with Gasteiger partial charge in [-0.2, -0.15) is 0 Å². The third-order valence-electron chi connectivity index (χ3n) is 6.90. The van der Waals surface area contributed by atoms with Gasteiger partial charge in [0.2, 0.25) is 21.8 Å². The Bertz CT molecular complexity index is 1330. The zero-order chi connectivity index (χ0) is 29.4. The highest BCUT2D eigenvalue weighted by Crippen LogP contribution is 2.34. The van der Waals surface area contributed by atoms with E-state index < -0.39 is 33.4 Å². The van der Waals surface area contributed by atoms with Crippen LogP contribution in [0.1, 0.15) is 44.6 Å². The lowest BCUT2D eigenvalue weighted by atomic mass is 10.1. The molecular weight excluding hydrogens is 540 g/mol. The number of nitro benzene ring substituents is 1. The molecule has 0 saturated heterocycles. The summed E-state index contributed by atoms with van der Waals surface area (Å²) in [5, 5.41) is 14.5. The first-order chi connectivity index (χ1) is 19.0. The Kier molecular flexibility index (Phi) is 10.3. The zero-order valence-corrected chi connectivity index (χ0v) is 24.0. The van der Waals surface area contributed by atoms with Crippen molar-refractivity contribution in [3.8, 4) is 11.5 Å². The summed E-state index contributed by atoms with van der Waals surface area (Å²) in [6.07, 6.45) is 4.94. The van der Waals surface area contributed by atoms with Crippen LogP contribution in [-0.2, 0) is 26.2 Å². The van der Waals surface area contributed by atoms with Crippen molar-refractivity contribution in [2.75, 3.05) is 31.3 Å². The summed E-state index contributed by atoms with van der Waals surface area (Å²) < 4.78 is 37.2. The highest BCUT2D eigenvalue weighted by molar-refractivity contribution is 7.92. The van der Waals surface area contributed by atoms with Gasteiger partial charge in [-0.15, -0.1) is 0 Å². The van der Waals surface area contributed by atoms with Crippen molar-refractivity contribution in [1.82, 2.24) is 10.2 Å². The second-order valence-electron chi connectivity index (χ2n) is 9.67. The van der Waals surface area contributed by atoms with Gasteiger partial charge >= 0.3 is 0 Å². The lowest BCUT2D eigenvalue weighted by Gasteiger charge is -2.33. The number of carbonyl (C=O) groups is 2. The highest BCUT2D eigenvalue weighted by atomic mass is 32.2. The number of carbonyl (C=O) groups excluding carboxylic acids is 2. The van der Waals surface area contributed by atoms with Gasteiger partial charge in [0.05, 0.1) is 25.4 Å². The minimum Gasteiger partial charge on any atom is -0.497 e. The van der Waals surface area contributed by atoms with Crippen molar-refractivity contribution in [1.29, 1.82) is 0 Å². The molecule has 40 heavy (non-hydrogen) atoms. The molecule has 0 heterocycles. The predicted molar refractivity (Wildman–Crippen MR) is 150 cm³/mol. The van der Waals surface area contributed by atoms with E-state index >= 15 is 0 Å². The van der Waals surface area contributed by atoms with Gasteiger partial charge in [-0.3, -0.25) is 24.0 Å². The fourth-order valence-corrected chi connectivity index (χ4v) is 5.68. The quantitative estimate of drug-likeness (QED) is 0.282. The minimum atomic E-state index is -4.11. The predicted octanol–water partition coefficient (Wildman–Crippen LogP) is 3.24. The smallest absolute Gasteiger partial charge is 0.271 e. The molecule has 2 amide bonds. The fourth-order valence-electron chi connectivity index (χ4n) is 4.84. The van der Waals surface area contributed by atoms with Crippen LogP contribution in [0, 0.1) is 10.1 Å². The Hall–Kier alpha value is -3.87. The van der Waals surface area contributed by atoms with E-state index in [2.05, 4.69) is 5.32 Å². The molecule has 1 atom stereocenters. The molecule has 1 N–H and O–H groups in total. The first-order valence-electron chi connectivity index (χ1n) is 13.0. The van der Waals surface area contributed by atoms with Crippen LogP contribution in [0.2, 0.25) is 0 Å². The number of rotatable bonds is 13. The Morgan fingerprint density at radius 3 is 2.40 bits per heavy atom. The Morgan fingerprint density at radius 2 is 1.82 bits per heavy atom. The van der Waals surface area contributed by atoms with Crippen LogP contribution in [0.5, 0.6) is 11.5 Å². The highest BCUT2D eigenvalue weighted by Gasteiger charge is 2.34. The second kappa shape index (κ2) is 13.5. The Balaban J connectivity index is 2.02. The number of sulfonamides is 1. The first kappa shape index (κ1) is 30.7. The molecule has 1 saturated carbocycles. The maximum Gasteiger partial charge on any atom is 0.271 e. The van der Waals surface area contributed by atoms with Gasteiger partial charge in [0.1, 0.15) is 29.8 Å². The van der Waals surface area contributed by atoms with E-state index in [0.717, 1.165) is 42.3 Å². The van der Waals surface area contributed by atoms with Crippen LogP contribution < -0.4 is 19.1 Å². The molecule has 2 aromatic carbocycles. The number of anilines is 1. The van der Waals surface area contributed by atoms with Crippen LogP contribution in [0.3, 0.4) is 0 Å². The molecule has 0 bridgehead atoms. The van der Waals surface area contributed by atoms with E-state index in [1.54, 1.807) is 31.2 Å². The molecule has 1 fully saturated rings. The summed E-state index contributed by atoms with van der Waals surface area (Å²) in [7, 11) is -1.30. The summed E-state index contributed by atoms with van der Waals surface area (Å²) in [6, 6.07) is 9.66. The summed E-state index contributed by atoms with van der Waals surface area (Å²) in [6.45, 7) is 1.09. The number of nitrogens with zero attached hydrogens (tertiary/aromatic N) is 3. The van der Waals surface area contributed by atoms with Crippen LogP contribution in [-0.4, -0.2) is 69.2 Å². The molecule has 0 unspecified atom stereocenters. The number of ether oxygens (including phenoxy) is 2. The van der Waals surface area contributed by atoms with Gasteiger partial charge < -0.3 is 19.7 Å². The minimum absolute atomic E-state index is 0.0102. The SMILES string of the molecule is CC[C@H](C(=O)NC1CCCC1)N(Cc1cccc(OC)c1)C(=O)CN(c1cc([N+](=O)[O-])ccc1OC)S(C)(=O)=O. The molecule has 3 rings (SSSR count). The molecule has 0 spiro atoms. The van der Waals surface area contributed by atoms with Gasteiger partial charge in [0.25, 0.3) is 5.69 Å². The molecule has 0 aliphatic heterocycles. The maximum atomic E-state index is 13.9. The normalized spacial score (nSPS) is 14.3. The van der Waals surface area contributed by atoms with Gasteiger partial charge in [-0.05, 0) is 43.0 Å². The van der Waals surface area contributed by atoms with E-state index in [-0.39, 0.29) is 42.0 Å². The second-order valence-corrected chi connectivity index (χ2v) is 11.6. The van der Waals surface area contributed by atoms with E-state index in [9.17, 15) is 28.1 Å². The standard InChI is InChI=1S/C27H36N4O8S/c1-5-23(27(33)28-20-10-6-7-11-20)29(17-19-9-8-12-22(15-19)38-2)26(32)18-30(40(4,36)37)24-16-21(31(34)35)13-14-25(24)39-3/h8-9,12-16,20,23H,5-7,10-11,17-18H2,1-4H3,(H,28,33)/t23-/m1/s1. The summed E-state index contributed by atoms with van der Waals surface area (Å²) in [5.74, 6) is -0.374. The van der Waals surface area contributed by atoms with Crippen molar-refractivity contribution in [2.24, 2.45) is 0 Å². The molecule has 0 radical (unpaired) electrons. The fraction of sp³-hybridized carbons (Fsp3) is 0.481. The third kappa shape index (κ3) is 7.62. The largest absolute Gasteiger partial charge is 0.497 e. The van der Waals surface area contributed by atoms with Gasteiger partial charge in [0, 0.05) is 24.7 Å². The van der Waals surface area contributed by atoms with Crippen molar-refractivity contribution in [3.63, 3.8) is 0 Å². The number of hydrogen-bond donors (Lipinski definition) is 1. The van der Waals surface area contributed by atoms with Crippen molar-refractivity contribution < 1.29 is 32.4 Å². The molecule has 2 aromatic rings. The summed E-state index contributed by atoms with van der Waals surface area (Å²) in [5.41, 5.74) is 0.156. The van der Waals surface area contributed by atoms with Gasteiger partial charge in [-0.1, -0.05) is 31.9 Å². The molecule has 218 valence electrons. The zero-order valence-electron chi connectivity index (χ0n) is 23.2. The molecule has 1 aliphatic carbocycles. The van der Waals surface area contributed by atoms with Crippen LogP contribution in [0.25, 0.3) is 0 Å². The molecule has 1 aliphatic rings. The monoisotopic (exact) mass is 576 g/mol. The van der Waals surface area contributed by atoms with E-state index in [1.165, 1.54) is 31.3 Å². The number of hydrogen-bond acceptors (Lipinski definition) is 8. The molecule has 13 heteroatoms. The van der Waals surface area contributed by atoms with E-state index in [4.69, 9.17) is 9.47 Å². The van der Waals surface area contributed by atoms with Crippen molar-refractivity contribution >= 4 is 33.2 Å². The van der Waals surface area contributed by atoms with Gasteiger partial charge in [0.15, 0.2) is 0 Å². The van der Waals surface area contributed by atoms with Gasteiger partial charge in [-0.25, -0.2) is 8.42 Å². The number of methoxy groups -OCH3 is 2. The topological polar surface area (TPSA) is 148 Å². The van der Waals surface area contributed by atoms with E-state index in [1.807, 2.05) is 0 Å². The summed E-state index contributed by atoms with van der Waals surface area (Å²) >= 11 is 0. The lowest BCUT2D eigenvalue weighted by molar-refractivity contribution is -0.384. The first-order valence-corrected chi connectivity index (χ1v) is 14.9. The Morgan fingerprint density at radius 1 is 1.12 bits per heavy atom. The molecule has 12 nitrogen and oxygen atoms in total. The number of nitro groups is 1. The number of nitrogens with one attached hydrogen (secondary N) is 1.